The summed E-state index contributed by atoms with van der Waals surface area (Å²) >= 11 is 0. The Balaban J connectivity index is 0.00000616. The number of hydrogen-bond donors (Lipinski definition) is 0. The molecule has 0 atom stereocenters. The number of benzene rings is 2. The van der Waals surface area contributed by atoms with Gasteiger partial charge in [0.1, 0.15) is 0 Å². The standard InChI is InChI=1S/C38H53N3.2ClH.Fe/c1-22(2)29-16-33(24(5)6)37(34(17-29)25(7)8)39-20-31-14-28(13)15-32(41-31)21-40-38-35(26(9)10)18-30(23(3)4)19-36(38)27(11)12;;;/h14-27H,1-13H3;2*1H;/q;;;+2/p-2. The van der Waals surface area contributed by atoms with Crippen molar-refractivity contribution >= 4 is 23.8 Å². The molecule has 3 aromatic rings. The fraction of sp³-hybridized carbons (Fsp3) is 0.500. The van der Waals surface area contributed by atoms with Crippen molar-refractivity contribution in [3.63, 3.8) is 0 Å². The summed E-state index contributed by atoms with van der Waals surface area (Å²) in [7, 11) is 0. The van der Waals surface area contributed by atoms with Gasteiger partial charge in [0.25, 0.3) is 0 Å². The molecule has 0 amide bonds. The molecule has 0 aliphatic heterocycles. The molecule has 3 nitrogen and oxygen atoms in total. The van der Waals surface area contributed by atoms with Gasteiger partial charge in [0, 0.05) is 0 Å². The molecule has 0 aliphatic carbocycles. The fourth-order valence-corrected chi connectivity index (χ4v) is 5.25. The van der Waals surface area contributed by atoms with Crippen molar-refractivity contribution in [2.45, 2.75) is 126 Å². The van der Waals surface area contributed by atoms with Gasteiger partial charge in [0.05, 0.1) is 35.2 Å². The Hall–Kier alpha value is -1.97. The van der Waals surface area contributed by atoms with E-state index in [1.165, 1.54) is 33.4 Å². The minimum absolute atomic E-state index is 0. The topological polar surface area (TPSA) is 37.6 Å². The van der Waals surface area contributed by atoms with Crippen molar-refractivity contribution in [2.24, 2.45) is 9.98 Å². The average Bonchev–Trinajstić information content (AvgIpc) is 2.88. The molecule has 1 heterocycles. The van der Waals surface area contributed by atoms with Gasteiger partial charge in [0.2, 0.25) is 0 Å². The van der Waals surface area contributed by atoms with Crippen LogP contribution < -0.4 is 24.8 Å². The van der Waals surface area contributed by atoms with E-state index in [2.05, 4.69) is 126 Å². The molecule has 3 rings (SSSR count). The van der Waals surface area contributed by atoms with Crippen LogP contribution in [0.15, 0.2) is 46.4 Å². The zero-order chi connectivity index (χ0) is 30.6. The molecule has 44 heavy (non-hydrogen) atoms. The first kappa shape index (κ1) is 42.0. The number of aliphatic imine (C=N–C) groups is 2. The maximum Gasteiger partial charge on any atom is 2.00 e. The molecule has 242 valence electrons. The van der Waals surface area contributed by atoms with Crippen molar-refractivity contribution in [1.82, 2.24) is 4.98 Å². The smallest absolute Gasteiger partial charge is 1.00 e. The van der Waals surface area contributed by atoms with Crippen molar-refractivity contribution in [2.75, 3.05) is 0 Å². The van der Waals surface area contributed by atoms with Crippen LogP contribution in [-0.4, -0.2) is 17.4 Å². The molecule has 0 radical (unpaired) electrons. The second-order valence-corrected chi connectivity index (χ2v) is 13.5. The summed E-state index contributed by atoms with van der Waals surface area (Å²) in [5.41, 5.74) is 13.0. The summed E-state index contributed by atoms with van der Waals surface area (Å²) in [6.45, 7) is 29.2. The Morgan fingerprint density at radius 2 is 0.750 bits per heavy atom. The van der Waals surface area contributed by atoms with Crippen LogP contribution in [0.3, 0.4) is 0 Å². The summed E-state index contributed by atoms with van der Waals surface area (Å²) in [6, 6.07) is 13.6. The Bertz CT molecular complexity index is 1260. The maximum absolute atomic E-state index is 5.09. The Morgan fingerprint density at radius 1 is 0.477 bits per heavy atom. The Morgan fingerprint density at radius 3 is 0.977 bits per heavy atom. The monoisotopic (exact) mass is 677 g/mol. The van der Waals surface area contributed by atoms with Crippen LogP contribution >= 0.6 is 0 Å². The van der Waals surface area contributed by atoms with Gasteiger partial charge in [0.15, 0.2) is 0 Å². The van der Waals surface area contributed by atoms with Gasteiger partial charge in [-0.15, -0.1) is 0 Å². The first-order chi connectivity index (χ1) is 19.2. The minimum atomic E-state index is 0. The molecule has 0 N–H and O–H groups in total. The number of halogens is 2. The van der Waals surface area contributed by atoms with Crippen LogP contribution in [-0.2, 0) is 17.1 Å². The summed E-state index contributed by atoms with van der Waals surface area (Å²) < 4.78 is 0. The second kappa shape index (κ2) is 18.2. The van der Waals surface area contributed by atoms with Gasteiger partial charge < -0.3 is 24.8 Å². The third kappa shape index (κ3) is 10.5. The van der Waals surface area contributed by atoms with Crippen LogP contribution in [0.25, 0.3) is 0 Å². The number of aryl methyl sites for hydroxylation is 1. The van der Waals surface area contributed by atoms with E-state index >= 15 is 0 Å². The van der Waals surface area contributed by atoms with E-state index < -0.39 is 0 Å². The largest absolute Gasteiger partial charge is 2.00 e. The van der Waals surface area contributed by atoms with Crippen LogP contribution in [0.4, 0.5) is 11.4 Å². The second-order valence-electron chi connectivity index (χ2n) is 13.5. The molecule has 2 aromatic carbocycles. The van der Waals surface area contributed by atoms with E-state index in [1.807, 2.05) is 12.4 Å². The molecule has 0 saturated heterocycles. The number of nitrogens with zero attached hydrogens (tertiary/aromatic N) is 3. The molecule has 0 saturated carbocycles. The summed E-state index contributed by atoms with van der Waals surface area (Å²) in [4.78, 5) is 15.1. The summed E-state index contributed by atoms with van der Waals surface area (Å²) in [5.74, 6) is 2.52. The third-order valence-corrected chi connectivity index (χ3v) is 7.86. The van der Waals surface area contributed by atoms with Gasteiger partial charge >= 0.3 is 17.1 Å². The first-order valence-corrected chi connectivity index (χ1v) is 15.6. The van der Waals surface area contributed by atoms with Crippen molar-refractivity contribution < 1.29 is 41.9 Å². The van der Waals surface area contributed by atoms with Crippen molar-refractivity contribution in [1.29, 1.82) is 0 Å². The number of rotatable bonds is 10. The average molecular weight is 679 g/mol. The van der Waals surface area contributed by atoms with Crippen LogP contribution in [0.5, 0.6) is 0 Å². The molecule has 0 spiro atoms. The molecule has 0 unspecified atom stereocenters. The SMILES string of the molecule is Cc1cc(C=Nc2c(C(C)C)cc(C(C)C)cc2C(C)C)nc(C=Nc2c(C(C)C)cc(C(C)C)cc2C(C)C)c1.[Cl-].[Cl-].[Fe+2]. The zero-order valence-corrected chi connectivity index (χ0v) is 31.7. The third-order valence-electron chi connectivity index (χ3n) is 7.86. The van der Waals surface area contributed by atoms with Crippen LogP contribution in [0.2, 0.25) is 0 Å². The molecular weight excluding hydrogens is 625 g/mol. The fourth-order valence-electron chi connectivity index (χ4n) is 5.25. The number of pyridine rings is 1. The van der Waals surface area contributed by atoms with Gasteiger partial charge in [-0.2, -0.15) is 0 Å². The molecule has 1 aromatic heterocycles. The van der Waals surface area contributed by atoms with E-state index in [0.717, 1.165) is 28.3 Å². The number of aromatic nitrogens is 1. The van der Waals surface area contributed by atoms with Gasteiger partial charge in [-0.25, -0.2) is 4.98 Å². The first-order valence-electron chi connectivity index (χ1n) is 15.6. The van der Waals surface area contributed by atoms with E-state index in [0.29, 0.717) is 35.5 Å². The minimum Gasteiger partial charge on any atom is -1.00 e. The van der Waals surface area contributed by atoms with Gasteiger partial charge in [-0.3, -0.25) is 9.98 Å². The van der Waals surface area contributed by atoms with Crippen molar-refractivity contribution in [3.05, 3.63) is 86.7 Å². The van der Waals surface area contributed by atoms with Gasteiger partial charge in [-0.1, -0.05) is 107 Å². The van der Waals surface area contributed by atoms with E-state index in [-0.39, 0.29) is 41.9 Å². The zero-order valence-electron chi connectivity index (χ0n) is 29.0. The Kier molecular flexibility index (Phi) is 17.4. The maximum atomic E-state index is 5.09. The predicted octanol–water partition coefficient (Wildman–Crippen LogP) is 5.64. The van der Waals surface area contributed by atoms with Gasteiger partial charge in [-0.05, 0) is 93.5 Å². The van der Waals surface area contributed by atoms with Crippen LogP contribution in [0.1, 0.15) is 169 Å². The molecule has 0 fully saturated rings. The number of hydrogen-bond acceptors (Lipinski definition) is 3. The molecule has 0 bridgehead atoms. The van der Waals surface area contributed by atoms with E-state index in [4.69, 9.17) is 15.0 Å². The van der Waals surface area contributed by atoms with Crippen molar-refractivity contribution in [3.8, 4) is 0 Å². The normalized spacial score (nSPS) is 11.8. The predicted molar refractivity (Wildman–Crippen MR) is 181 cm³/mol. The summed E-state index contributed by atoms with van der Waals surface area (Å²) in [6.07, 6.45) is 3.87. The summed E-state index contributed by atoms with van der Waals surface area (Å²) in [5, 5.41) is 0. The molecular formula is C38H53Cl2FeN3. The van der Waals surface area contributed by atoms with E-state index in [1.54, 1.807) is 0 Å². The van der Waals surface area contributed by atoms with Crippen LogP contribution in [0, 0.1) is 6.92 Å². The quantitative estimate of drug-likeness (QED) is 0.202. The molecule has 6 heteroatoms. The molecule has 0 aliphatic rings. The Labute approximate surface area is 291 Å². The van der Waals surface area contributed by atoms with E-state index in [9.17, 15) is 0 Å².